The van der Waals surface area contributed by atoms with Gasteiger partial charge >= 0.3 is 0 Å². The number of amides is 1. The van der Waals surface area contributed by atoms with Crippen molar-refractivity contribution in [3.8, 4) is 11.9 Å². The highest BCUT2D eigenvalue weighted by Crippen LogP contribution is 2.33. The largest absolute Gasteiger partial charge is 0.494 e. The summed E-state index contributed by atoms with van der Waals surface area (Å²) in [6, 6.07) is 7.34. The Morgan fingerprint density at radius 3 is 2.63 bits per heavy atom. The topological polar surface area (TPSA) is 113 Å². The summed E-state index contributed by atoms with van der Waals surface area (Å²) in [5, 5.41) is 20.3. The van der Waals surface area contributed by atoms with E-state index in [-0.39, 0.29) is 32.5 Å². The second kappa shape index (κ2) is 11.4. The Balaban J connectivity index is 1.89. The normalized spacial score (nSPS) is 14.6. The van der Waals surface area contributed by atoms with Gasteiger partial charge in [-0.05, 0) is 49.6 Å². The maximum Gasteiger partial charge on any atom is 0.271 e. The van der Waals surface area contributed by atoms with Crippen LogP contribution in [0.1, 0.15) is 40.4 Å². The van der Waals surface area contributed by atoms with Crippen molar-refractivity contribution in [1.82, 2.24) is 9.47 Å². The number of ketones is 1. The van der Waals surface area contributed by atoms with E-state index in [0.29, 0.717) is 25.2 Å². The minimum atomic E-state index is -0.705. The number of rotatable bonds is 9. The highest BCUT2D eigenvalue weighted by molar-refractivity contribution is 8.26. The van der Waals surface area contributed by atoms with E-state index < -0.39 is 35.5 Å². The Morgan fingerprint density at radius 2 is 2.00 bits per heavy atom. The van der Waals surface area contributed by atoms with E-state index in [1.54, 1.807) is 6.07 Å². The van der Waals surface area contributed by atoms with Gasteiger partial charge in [-0.15, -0.1) is 0 Å². The molecule has 1 aromatic heterocycles. The predicted octanol–water partition coefficient (Wildman–Crippen LogP) is 3.38. The lowest BCUT2D eigenvalue weighted by molar-refractivity contribution is -0.121. The number of nitriles is 1. The Morgan fingerprint density at radius 1 is 1.31 bits per heavy atom. The molecule has 1 aliphatic heterocycles. The number of Topliss-reactive ketones (excluding diaryl/α,β-unsaturated/α-hetero) is 1. The summed E-state index contributed by atoms with van der Waals surface area (Å²) in [6.07, 6.45) is 1.92. The number of hydrogen-bond donors (Lipinski definition) is 1. The number of aromatic hydroxyl groups is 1. The van der Waals surface area contributed by atoms with Crippen LogP contribution in [0.3, 0.4) is 0 Å². The molecule has 0 aliphatic carbocycles. The highest BCUT2D eigenvalue weighted by atomic mass is 32.2. The average molecular weight is 516 g/mol. The maximum absolute atomic E-state index is 13.2. The first-order valence-electron chi connectivity index (χ1n) is 10.7. The van der Waals surface area contributed by atoms with Gasteiger partial charge in [0.1, 0.15) is 21.8 Å². The summed E-state index contributed by atoms with van der Waals surface area (Å²) in [5.41, 5.74) is -0.556. The smallest absolute Gasteiger partial charge is 0.271 e. The molecule has 1 aliphatic rings. The SMILES string of the molecule is CCOCCCn1c(O)c(C(=O)CN2C(=O)/C(=C/c3ccc(F)cc3)SC2=S)c(C)c(C#N)c1=O. The van der Waals surface area contributed by atoms with Crippen molar-refractivity contribution in [3.05, 3.63) is 67.6 Å². The summed E-state index contributed by atoms with van der Waals surface area (Å²) in [6.45, 7) is 3.60. The van der Waals surface area contributed by atoms with Crippen LogP contribution in [-0.2, 0) is 16.1 Å². The van der Waals surface area contributed by atoms with Crippen LogP contribution in [0, 0.1) is 24.1 Å². The van der Waals surface area contributed by atoms with Crippen molar-refractivity contribution in [3.63, 3.8) is 0 Å². The van der Waals surface area contributed by atoms with Crippen LogP contribution in [-0.4, -0.2) is 50.3 Å². The van der Waals surface area contributed by atoms with Gasteiger partial charge in [-0.2, -0.15) is 5.26 Å². The van der Waals surface area contributed by atoms with Gasteiger partial charge < -0.3 is 9.84 Å². The minimum absolute atomic E-state index is 0.0355. The van der Waals surface area contributed by atoms with Crippen LogP contribution >= 0.6 is 24.0 Å². The molecule has 8 nitrogen and oxygen atoms in total. The van der Waals surface area contributed by atoms with E-state index in [2.05, 4.69) is 0 Å². The second-order valence-corrected chi connectivity index (χ2v) is 9.24. The molecule has 1 fully saturated rings. The fourth-order valence-electron chi connectivity index (χ4n) is 3.53. The Labute approximate surface area is 210 Å². The van der Waals surface area contributed by atoms with Gasteiger partial charge in [-0.1, -0.05) is 36.1 Å². The molecule has 2 aromatic rings. The van der Waals surface area contributed by atoms with E-state index in [1.807, 2.05) is 6.92 Å². The molecule has 0 bridgehead atoms. The van der Waals surface area contributed by atoms with E-state index in [9.17, 15) is 29.1 Å². The Bertz CT molecular complexity index is 1310. The molecule has 2 heterocycles. The molecule has 1 amide bonds. The third-order valence-corrected chi connectivity index (χ3v) is 6.67. The maximum atomic E-state index is 13.2. The fraction of sp³-hybridized carbons (Fsp3) is 0.292. The van der Waals surface area contributed by atoms with Gasteiger partial charge in [0.05, 0.1) is 17.0 Å². The number of thiocarbonyl (C=S) groups is 1. The van der Waals surface area contributed by atoms with Gasteiger partial charge in [0.15, 0.2) is 5.78 Å². The molecule has 1 saturated heterocycles. The molecule has 0 atom stereocenters. The number of nitrogens with zero attached hydrogens (tertiary/aromatic N) is 3. The quantitative estimate of drug-likeness (QED) is 0.234. The number of pyridine rings is 1. The molecule has 0 unspecified atom stereocenters. The molecule has 0 spiro atoms. The van der Waals surface area contributed by atoms with Crippen LogP contribution in [0.25, 0.3) is 6.08 Å². The van der Waals surface area contributed by atoms with Crippen LogP contribution in [0.5, 0.6) is 5.88 Å². The zero-order chi connectivity index (χ0) is 25.7. The molecular weight excluding hydrogens is 493 g/mol. The number of ether oxygens (including phenoxy) is 1. The van der Waals surface area contributed by atoms with Crippen molar-refractivity contribution >= 4 is 46.1 Å². The summed E-state index contributed by atoms with van der Waals surface area (Å²) >= 11 is 6.27. The van der Waals surface area contributed by atoms with Crippen molar-refractivity contribution < 1.29 is 23.8 Å². The monoisotopic (exact) mass is 515 g/mol. The average Bonchev–Trinajstić information content (AvgIpc) is 3.07. The molecule has 182 valence electrons. The van der Waals surface area contributed by atoms with Crippen LogP contribution in [0.15, 0.2) is 34.0 Å². The second-order valence-electron chi connectivity index (χ2n) is 7.56. The molecule has 1 aromatic carbocycles. The lowest BCUT2D eigenvalue weighted by Gasteiger charge is -2.18. The number of thioether (sulfide) groups is 1. The van der Waals surface area contributed by atoms with E-state index in [0.717, 1.165) is 21.2 Å². The summed E-state index contributed by atoms with van der Waals surface area (Å²) in [4.78, 5) is 40.1. The zero-order valence-electron chi connectivity index (χ0n) is 19.0. The zero-order valence-corrected chi connectivity index (χ0v) is 20.7. The standard InChI is InChI=1S/C24H22FN3O5S2/c1-3-33-10-4-9-27-21(30)17(12-26)14(2)20(23(27)32)18(29)13-28-22(31)19(35-24(28)34)11-15-5-7-16(25)8-6-15/h5-8,11,32H,3-4,9-10,13H2,1-2H3/b19-11-. The molecule has 0 saturated carbocycles. The molecule has 0 radical (unpaired) electrons. The van der Waals surface area contributed by atoms with E-state index in [1.165, 1.54) is 37.3 Å². The van der Waals surface area contributed by atoms with Crippen molar-refractivity contribution in [1.29, 1.82) is 5.26 Å². The van der Waals surface area contributed by atoms with Crippen LogP contribution in [0.4, 0.5) is 4.39 Å². The first-order valence-corrected chi connectivity index (χ1v) is 11.9. The van der Waals surface area contributed by atoms with Crippen molar-refractivity contribution in [2.75, 3.05) is 19.8 Å². The summed E-state index contributed by atoms with van der Waals surface area (Å²) in [7, 11) is 0. The van der Waals surface area contributed by atoms with Crippen molar-refractivity contribution in [2.45, 2.75) is 26.8 Å². The van der Waals surface area contributed by atoms with Gasteiger partial charge in [-0.3, -0.25) is 23.9 Å². The van der Waals surface area contributed by atoms with Gasteiger partial charge in [0.25, 0.3) is 11.5 Å². The number of carbonyl (C=O) groups is 2. The molecule has 35 heavy (non-hydrogen) atoms. The molecule has 3 rings (SSSR count). The van der Waals surface area contributed by atoms with Gasteiger partial charge in [-0.25, -0.2) is 4.39 Å². The van der Waals surface area contributed by atoms with E-state index in [4.69, 9.17) is 17.0 Å². The lowest BCUT2D eigenvalue weighted by atomic mass is 10.0. The summed E-state index contributed by atoms with van der Waals surface area (Å²) in [5.74, 6) is -2.17. The molecule has 1 N–H and O–H groups in total. The fourth-order valence-corrected chi connectivity index (χ4v) is 4.79. The lowest BCUT2D eigenvalue weighted by Crippen LogP contribution is -2.35. The summed E-state index contributed by atoms with van der Waals surface area (Å²) < 4.78 is 19.5. The van der Waals surface area contributed by atoms with Gasteiger partial charge in [0, 0.05) is 19.8 Å². The third-order valence-electron chi connectivity index (χ3n) is 5.30. The number of benzene rings is 1. The number of aromatic nitrogens is 1. The predicted molar refractivity (Wildman–Crippen MR) is 134 cm³/mol. The van der Waals surface area contributed by atoms with Crippen LogP contribution < -0.4 is 5.56 Å². The number of hydrogen-bond acceptors (Lipinski definition) is 8. The molecule has 11 heteroatoms. The Kier molecular flexibility index (Phi) is 8.56. The highest BCUT2D eigenvalue weighted by Gasteiger charge is 2.35. The van der Waals surface area contributed by atoms with Crippen molar-refractivity contribution in [2.24, 2.45) is 0 Å². The number of carbonyl (C=O) groups excluding carboxylic acids is 2. The van der Waals surface area contributed by atoms with Gasteiger partial charge in [0.2, 0.25) is 5.88 Å². The first-order chi connectivity index (χ1) is 16.7. The first kappa shape index (κ1) is 26.3. The third kappa shape index (κ3) is 5.67. The van der Waals surface area contributed by atoms with Crippen LogP contribution in [0.2, 0.25) is 0 Å². The molecular formula is C24H22FN3O5S2. The Hall–Kier alpha value is -3.33. The minimum Gasteiger partial charge on any atom is -0.494 e. The number of halogens is 1. The van der Waals surface area contributed by atoms with E-state index >= 15 is 0 Å².